The Balaban J connectivity index is 3.16. The van der Waals surface area contributed by atoms with Crippen molar-refractivity contribution in [2.75, 3.05) is 6.54 Å². The molecule has 1 N–H and O–H groups in total. The van der Waals surface area contributed by atoms with Crippen LogP contribution in [-0.2, 0) is 9.05 Å². The summed E-state index contributed by atoms with van der Waals surface area (Å²) in [6.45, 7) is -1.65. The minimum absolute atomic E-state index is 0.464. The Morgan fingerprint density at radius 3 is 2.30 bits per heavy atom. The van der Waals surface area contributed by atoms with Gasteiger partial charge in [0.25, 0.3) is 15.0 Å². The van der Waals surface area contributed by atoms with Crippen molar-refractivity contribution in [2.45, 2.75) is 11.1 Å². The molecule has 0 aliphatic heterocycles. The number of hydrogen-bond acceptors (Lipinski definition) is 3. The molecule has 0 radical (unpaired) electrons. The number of benzene rings is 1. The lowest BCUT2D eigenvalue weighted by Gasteiger charge is -2.10. The van der Waals surface area contributed by atoms with Gasteiger partial charge in [0.2, 0.25) is 0 Å². The first-order valence-corrected chi connectivity index (χ1v) is 7.39. The Morgan fingerprint density at radius 2 is 1.85 bits per heavy atom. The Hall–Kier alpha value is -1.06. The number of rotatable bonds is 3. The maximum Gasteiger partial charge on any atom is 0.405 e. The number of carbonyl (C=O) groups excluding carboxylic acids is 1. The summed E-state index contributed by atoms with van der Waals surface area (Å²) in [6, 6.07) is 0.936. The van der Waals surface area contributed by atoms with E-state index >= 15 is 0 Å². The summed E-state index contributed by atoms with van der Waals surface area (Å²) in [6.07, 6.45) is -4.66. The molecule has 1 rings (SSSR count). The van der Waals surface area contributed by atoms with Gasteiger partial charge in [-0.2, -0.15) is 13.2 Å². The quantitative estimate of drug-likeness (QED) is 0.671. The third-order valence-corrected chi connectivity index (χ3v) is 3.63. The fourth-order valence-corrected chi connectivity index (χ4v) is 2.31. The van der Waals surface area contributed by atoms with Gasteiger partial charge < -0.3 is 5.32 Å². The lowest BCUT2D eigenvalue weighted by Crippen LogP contribution is -2.34. The van der Waals surface area contributed by atoms with Crippen molar-refractivity contribution in [3.63, 3.8) is 0 Å². The van der Waals surface area contributed by atoms with E-state index in [1.54, 1.807) is 0 Å². The van der Waals surface area contributed by atoms with Gasteiger partial charge in [-0.3, -0.25) is 4.79 Å². The lowest BCUT2D eigenvalue weighted by molar-refractivity contribution is -0.123. The van der Waals surface area contributed by atoms with Crippen LogP contribution in [0.5, 0.6) is 0 Å². The molecule has 0 fully saturated rings. The maximum absolute atomic E-state index is 13.3. The molecule has 0 heterocycles. The summed E-state index contributed by atoms with van der Waals surface area (Å²) in [4.78, 5) is 10.4. The highest BCUT2D eigenvalue weighted by Gasteiger charge is 2.29. The summed E-state index contributed by atoms with van der Waals surface area (Å²) in [7, 11) is 0.407. The Bertz CT molecular complexity index is 645. The van der Waals surface area contributed by atoms with Gasteiger partial charge in [0.15, 0.2) is 0 Å². The highest BCUT2D eigenvalue weighted by atomic mass is 35.7. The van der Waals surface area contributed by atoms with E-state index in [-0.39, 0.29) is 0 Å². The molecule has 0 bridgehead atoms. The second kappa shape index (κ2) is 5.74. The van der Waals surface area contributed by atoms with Gasteiger partial charge in [-0.15, -0.1) is 0 Å². The number of amides is 1. The molecule has 1 aromatic rings. The summed E-state index contributed by atoms with van der Waals surface area (Å²) < 4.78 is 71.2. The molecule has 0 aliphatic carbocycles. The summed E-state index contributed by atoms with van der Waals surface area (Å²) in [5.41, 5.74) is -0.642. The van der Waals surface area contributed by atoms with Gasteiger partial charge >= 0.3 is 6.18 Å². The van der Waals surface area contributed by atoms with E-state index in [0.717, 1.165) is 0 Å². The fourth-order valence-electron chi connectivity index (χ4n) is 1.17. The third kappa shape index (κ3) is 4.50. The SMILES string of the molecule is O=C(NCC(F)(F)F)c1cc(S(=O)(=O)Cl)c(F)cc1Cl. The zero-order valence-electron chi connectivity index (χ0n) is 9.26. The predicted molar refractivity (Wildman–Crippen MR) is 62.8 cm³/mol. The molecule has 0 aliphatic rings. The average Bonchev–Trinajstić information content (AvgIpc) is 2.23. The van der Waals surface area contributed by atoms with Crippen molar-refractivity contribution < 1.29 is 30.8 Å². The smallest absolute Gasteiger partial charge is 0.343 e. The standard InChI is InChI=1S/C9H5Cl2F4NO3S/c10-5-2-6(12)7(20(11,18)19)1-4(5)8(17)16-3-9(13,14)15/h1-2H,3H2,(H,16,17). The van der Waals surface area contributed by atoms with Crippen LogP contribution in [0.1, 0.15) is 10.4 Å². The predicted octanol–water partition coefficient (Wildman–Crippen LogP) is 2.70. The first kappa shape index (κ1) is 17.0. The molecule has 1 aromatic carbocycles. The topological polar surface area (TPSA) is 63.2 Å². The number of nitrogens with one attached hydrogen (secondary N) is 1. The first-order chi connectivity index (χ1) is 8.92. The van der Waals surface area contributed by atoms with Crippen LogP contribution in [0.2, 0.25) is 5.02 Å². The number of halogens is 6. The second-order valence-electron chi connectivity index (χ2n) is 3.50. The van der Waals surface area contributed by atoms with Crippen LogP contribution < -0.4 is 5.32 Å². The molecule has 0 aromatic heterocycles. The minimum atomic E-state index is -4.66. The van der Waals surface area contributed by atoms with Crippen molar-refractivity contribution in [1.29, 1.82) is 0 Å². The van der Waals surface area contributed by atoms with Gasteiger partial charge in [-0.05, 0) is 12.1 Å². The second-order valence-corrected chi connectivity index (χ2v) is 6.44. The monoisotopic (exact) mass is 353 g/mol. The van der Waals surface area contributed by atoms with E-state index in [2.05, 4.69) is 0 Å². The molecule has 4 nitrogen and oxygen atoms in total. The van der Waals surface area contributed by atoms with E-state index < -0.39 is 49.0 Å². The summed E-state index contributed by atoms with van der Waals surface area (Å²) in [5, 5.41) is 0.919. The molecule has 1 amide bonds. The summed E-state index contributed by atoms with van der Waals surface area (Å²) >= 11 is 5.48. The van der Waals surface area contributed by atoms with Crippen LogP contribution in [0, 0.1) is 5.82 Å². The molecule has 11 heteroatoms. The van der Waals surface area contributed by atoms with Crippen LogP contribution in [-0.4, -0.2) is 27.0 Å². The van der Waals surface area contributed by atoms with Crippen LogP contribution in [0.4, 0.5) is 17.6 Å². The molecule has 0 saturated carbocycles. The molecule has 0 unspecified atom stereocenters. The average molecular weight is 354 g/mol. The highest BCUT2D eigenvalue weighted by molar-refractivity contribution is 8.13. The van der Waals surface area contributed by atoms with Crippen LogP contribution >= 0.6 is 22.3 Å². The Labute approximate surface area is 120 Å². The third-order valence-electron chi connectivity index (χ3n) is 1.98. The normalized spacial score (nSPS) is 12.3. The molecule has 0 saturated heterocycles. The van der Waals surface area contributed by atoms with Crippen LogP contribution in [0.15, 0.2) is 17.0 Å². The van der Waals surface area contributed by atoms with E-state index in [9.17, 15) is 30.8 Å². The number of carbonyl (C=O) groups is 1. The van der Waals surface area contributed by atoms with Gasteiger partial charge in [-0.25, -0.2) is 12.8 Å². The van der Waals surface area contributed by atoms with E-state index in [4.69, 9.17) is 22.3 Å². The van der Waals surface area contributed by atoms with Gasteiger partial charge in [0, 0.05) is 10.7 Å². The maximum atomic E-state index is 13.3. The van der Waals surface area contributed by atoms with Crippen molar-refractivity contribution in [1.82, 2.24) is 5.32 Å². The van der Waals surface area contributed by atoms with Crippen molar-refractivity contribution >= 4 is 37.2 Å². The van der Waals surface area contributed by atoms with Crippen molar-refractivity contribution in [3.05, 3.63) is 28.5 Å². The molecule has 0 atom stereocenters. The minimum Gasteiger partial charge on any atom is -0.343 e. The van der Waals surface area contributed by atoms with E-state index in [1.165, 1.54) is 5.32 Å². The highest BCUT2D eigenvalue weighted by Crippen LogP contribution is 2.26. The number of hydrogen-bond donors (Lipinski definition) is 1. The van der Waals surface area contributed by atoms with Crippen molar-refractivity contribution in [2.24, 2.45) is 0 Å². The van der Waals surface area contributed by atoms with Crippen molar-refractivity contribution in [3.8, 4) is 0 Å². The lowest BCUT2D eigenvalue weighted by atomic mass is 10.2. The van der Waals surface area contributed by atoms with Crippen LogP contribution in [0.3, 0.4) is 0 Å². The van der Waals surface area contributed by atoms with Gasteiger partial charge in [-0.1, -0.05) is 11.6 Å². The number of alkyl halides is 3. The molecule has 0 spiro atoms. The zero-order valence-corrected chi connectivity index (χ0v) is 11.6. The summed E-state index contributed by atoms with van der Waals surface area (Å²) in [5.74, 6) is -2.63. The van der Waals surface area contributed by atoms with E-state index in [0.29, 0.717) is 12.1 Å². The Kier molecular flexibility index (Phi) is 4.88. The largest absolute Gasteiger partial charge is 0.405 e. The zero-order chi connectivity index (χ0) is 15.7. The van der Waals surface area contributed by atoms with Crippen LogP contribution in [0.25, 0.3) is 0 Å². The van der Waals surface area contributed by atoms with Gasteiger partial charge in [0.1, 0.15) is 17.3 Å². The van der Waals surface area contributed by atoms with Gasteiger partial charge in [0.05, 0.1) is 10.6 Å². The molecular weight excluding hydrogens is 349 g/mol. The first-order valence-electron chi connectivity index (χ1n) is 4.70. The molecule has 112 valence electrons. The fraction of sp³-hybridized carbons (Fsp3) is 0.222. The Morgan fingerprint density at radius 1 is 1.30 bits per heavy atom. The molecular formula is C9H5Cl2F4NO3S. The van der Waals surface area contributed by atoms with E-state index in [1.807, 2.05) is 0 Å². The molecule has 20 heavy (non-hydrogen) atoms.